The number of rotatable bonds is 6. The lowest BCUT2D eigenvalue weighted by Crippen LogP contribution is -2.42. The highest BCUT2D eigenvalue weighted by Gasteiger charge is 2.21. The number of hydrogen-bond acceptors (Lipinski definition) is 4. The van der Waals surface area contributed by atoms with Crippen molar-refractivity contribution in [3.63, 3.8) is 0 Å². The molecule has 144 valence electrons. The molecule has 0 aliphatic carbocycles. The molecule has 1 aliphatic rings. The Bertz CT molecular complexity index is 811. The Morgan fingerprint density at radius 1 is 1.19 bits per heavy atom. The molecule has 0 spiro atoms. The van der Waals surface area contributed by atoms with Gasteiger partial charge in [0.1, 0.15) is 0 Å². The lowest BCUT2D eigenvalue weighted by Gasteiger charge is -2.27. The van der Waals surface area contributed by atoms with Gasteiger partial charge >= 0.3 is 0 Å². The molecule has 1 aliphatic heterocycles. The summed E-state index contributed by atoms with van der Waals surface area (Å²) >= 11 is 1.77. The zero-order valence-corrected chi connectivity index (χ0v) is 17.0. The van der Waals surface area contributed by atoms with E-state index in [0.717, 1.165) is 25.1 Å². The van der Waals surface area contributed by atoms with Gasteiger partial charge in [-0.05, 0) is 68.0 Å². The summed E-state index contributed by atoms with van der Waals surface area (Å²) in [6.07, 6.45) is 1.81. The first-order valence-corrected chi connectivity index (χ1v) is 10.3. The molecule has 2 heterocycles. The van der Waals surface area contributed by atoms with Gasteiger partial charge in [0.05, 0.1) is 6.54 Å². The predicted octanol–water partition coefficient (Wildman–Crippen LogP) is 3.66. The number of fused-ring (bicyclic) bond motifs is 1. The van der Waals surface area contributed by atoms with E-state index in [1.54, 1.807) is 23.5 Å². The summed E-state index contributed by atoms with van der Waals surface area (Å²) in [5, 5.41) is 8.28. The zero-order chi connectivity index (χ0) is 19.4. The highest BCUT2D eigenvalue weighted by atomic mass is 32.1. The van der Waals surface area contributed by atoms with Crippen molar-refractivity contribution in [2.24, 2.45) is 0 Å². The average molecular weight is 386 g/mol. The molecule has 2 amide bonds. The van der Waals surface area contributed by atoms with Crippen LogP contribution < -0.4 is 10.6 Å². The first-order chi connectivity index (χ1) is 12.9. The molecule has 1 aromatic carbocycles. The lowest BCUT2D eigenvalue weighted by molar-refractivity contribution is -0.130. The molecular formula is C21H27N3O2S. The smallest absolute Gasteiger partial charge is 0.251 e. The van der Waals surface area contributed by atoms with E-state index in [4.69, 9.17) is 0 Å². The number of amides is 2. The first kappa shape index (κ1) is 19.4. The Hall–Kier alpha value is -2.34. The summed E-state index contributed by atoms with van der Waals surface area (Å²) in [5.41, 5.74) is 2.50. The fraction of sp³-hybridized carbons (Fsp3) is 0.429. The average Bonchev–Trinajstić information content (AvgIpc) is 3.14. The van der Waals surface area contributed by atoms with Crippen molar-refractivity contribution in [1.29, 1.82) is 0 Å². The molecule has 0 bridgehead atoms. The minimum absolute atomic E-state index is 0.0793. The molecule has 0 fully saturated rings. The molecule has 0 radical (unpaired) electrons. The Labute approximate surface area is 164 Å². The third kappa shape index (κ3) is 4.89. The van der Waals surface area contributed by atoms with Gasteiger partial charge in [-0.2, -0.15) is 0 Å². The van der Waals surface area contributed by atoms with Crippen LogP contribution in [-0.2, 0) is 17.8 Å². The minimum Gasteiger partial charge on any atom is -0.376 e. The molecule has 0 unspecified atom stereocenters. The third-order valence-electron chi connectivity index (χ3n) is 5.09. The van der Waals surface area contributed by atoms with Crippen molar-refractivity contribution in [2.45, 2.75) is 45.7 Å². The van der Waals surface area contributed by atoms with Crippen LogP contribution in [-0.4, -0.2) is 35.3 Å². The lowest BCUT2D eigenvalue weighted by atomic mass is 10.0. The number of anilines is 1. The van der Waals surface area contributed by atoms with Crippen molar-refractivity contribution in [2.75, 3.05) is 18.4 Å². The van der Waals surface area contributed by atoms with Gasteiger partial charge in [0.15, 0.2) is 0 Å². The second kappa shape index (κ2) is 8.13. The van der Waals surface area contributed by atoms with E-state index in [1.807, 2.05) is 37.8 Å². The maximum atomic E-state index is 12.5. The quantitative estimate of drug-likeness (QED) is 0.798. The van der Waals surface area contributed by atoms with Gasteiger partial charge in [0.2, 0.25) is 5.91 Å². The van der Waals surface area contributed by atoms with E-state index in [2.05, 4.69) is 22.1 Å². The molecule has 3 rings (SSSR count). The van der Waals surface area contributed by atoms with Crippen LogP contribution in [0.25, 0.3) is 0 Å². The van der Waals surface area contributed by atoms with E-state index in [1.165, 1.54) is 10.4 Å². The number of hydrogen-bond donors (Lipinski definition) is 2. The number of benzene rings is 1. The number of nitrogens with zero attached hydrogens (tertiary/aromatic N) is 1. The van der Waals surface area contributed by atoms with Crippen LogP contribution in [0.1, 0.15) is 48.0 Å². The van der Waals surface area contributed by atoms with Crippen LogP contribution in [0.4, 0.5) is 5.69 Å². The van der Waals surface area contributed by atoms with Crippen LogP contribution in [0, 0.1) is 0 Å². The van der Waals surface area contributed by atoms with Crippen LogP contribution >= 0.6 is 11.3 Å². The fourth-order valence-corrected chi connectivity index (χ4v) is 3.85. The molecular weight excluding hydrogens is 358 g/mol. The van der Waals surface area contributed by atoms with Crippen molar-refractivity contribution in [3.8, 4) is 0 Å². The molecule has 1 aromatic heterocycles. The van der Waals surface area contributed by atoms with E-state index >= 15 is 0 Å². The van der Waals surface area contributed by atoms with Gasteiger partial charge in [0.25, 0.3) is 5.91 Å². The van der Waals surface area contributed by atoms with Crippen LogP contribution in [0.2, 0.25) is 0 Å². The molecule has 0 saturated heterocycles. The maximum Gasteiger partial charge on any atom is 0.251 e. The van der Waals surface area contributed by atoms with Crippen molar-refractivity contribution in [1.82, 2.24) is 10.2 Å². The normalized spacial score (nSPS) is 13.8. The molecule has 2 aromatic rings. The summed E-state index contributed by atoms with van der Waals surface area (Å²) < 4.78 is 0. The zero-order valence-electron chi connectivity index (χ0n) is 16.2. The van der Waals surface area contributed by atoms with Gasteiger partial charge in [-0.25, -0.2) is 0 Å². The summed E-state index contributed by atoms with van der Waals surface area (Å²) in [4.78, 5) is 28.1. The van der Waals surface area contributed by atoms with E-state index < -0.39 is 0 Å². The summed E-state index contributed by atoms with van der Waals surface area (Å²) in [7, 11) is 0. The number of thiophene rings is 1. The Morgan fingerprint density at radius 3 is 2.63 bits per heavy atom. The first-order valence-electron chi connectivity index (χ1n) is 9.37. The van der Waals surface area contributed by atoms with Crippen LogP contribution in [0.3, 0.4) is 0 Å². The molecule has 0 atom stereocenters. The second-order valence-corrected chi connectivity index (χ2v) is 8.56. The van der Waals surface area contributed by atoms with Gasteiger partial charge in [-0.15, -0.1) is 11.3 Å². The number of nitrogens with one attached hydrogen (secondary N) is 2. The SMILES string of the molecule is CCC(C)(C)NC(=O)c1ccc(NCC(=O)N2CCc3sccc3C2)cc1. The number of carbonyl (C=O) groups is 2. The standard InChI is InChI=1S/C21H27N3O2S/c1-4-21(2,3)23-20(26)15-5-7-17(8-6-15)22-13-19(25)24-11-9-18-16(14-24)10-12-27-18/h5-8,10,12,22H,4,9,11,13-14H2,1-3H3,(H,23,26). The fourth-order valence-electron chi connectivity index (χ4n) is 2.96. The van der Waals surface area contributed by atoms with Crippen LogP contribution in [0.5, 0.6) is 0 Å². The Balaban J connectivity index is 1.51. The largest absolute Gasteiger partial charge is 0.376 e. The van der Waals surface area contributed by atoms with E-state index in [9.17, 15) is 9.59 Å². The summed E-state index contributed by atoms with van der Waals surface area (Å²) in [5.74, 6) is 0.0164. The highest BCUT2D eigenvalue weighted by molar-refractivity contribution is 7.10. The monoisotopic (exact) mass is 385 g/mol. The Morgan fingerprint density at radius 2 is 1.93 bits per heavy atom. The predicted molar refractivity (Wildman–Crippen MR) is 110 cm³/mol. The van der Waals surface area contributed by atoms with Gasteiger partial charge in [-0.3, -0.25) is 9.59 Å². The molecule has 0 saturated carbocycles. The third-order valence-corrected chi connectivity index (χ3v) is 6.11. The second-order valence-electron chi connectivity index (χ2n) is 7.56. The maximum absolute atomic E-state index is 12.5. The Kier molecular flexibility index (Phi) is 5.85. The highest BCUT2D eigenvalue weighted by Crippen LogP contribution is 2.24. The van der Waals surface area contributed by atoms with Crippen molar-refractivity contribution >= 4 is 28.8 Å². The van der Waals surface area contributed by atoms with Gasteiger partial charge < -0.3 is 15.5 Å². The molecule has 6 heteroatoms. The van der Waals surface area contributed by atoms with Gasteiger partial charge in [-0.1, -0.05) is 6.92 Å². The van der Waals surface area contributed by atoms with Gasteiger partial charge in [0, 0.05) is 34.8 Å². The topological polar surface area (TPSA) is 61.4 Å². The molecule has 27 heavy (non-hydrogen) atoms. The number of carbonyl (C=O) groups excluding carboxylic acids is 2. The molecule has 2 N–H and O–H groups in total. The van der Waals surface area contributed by atoms with Crippen molar-refractivity contribution < 1.29 is 9.59 Å². The minimum atomic E-state index is -0.225. The van der Waals surface area contributed by atoms with Crippen molar-refractivity contribution in [3.05, 3.63) is 51.7 Å². The molecule has 5 nitrogen and oxygen atoms in total. The van der Waals surface area contributed by atoms with E-state index in [0.29, 0.717) is 12.1 Å². The van der Waals surface area contributed by atoms with E-state index in [-0.39, 0.29) is 23.9 Å². The summed E-state index contributed by atoms with van der Waals surface area (Å²) in [6.45, 7) is 7.80. The summed E-state index contributed by atoms with van der Waals surface area (Å²) in [6, 6.07) is 9.36. The van der Waals surface area contributed by atoms with Crippen LogP contribution in [0.15, 0.2) is 35.7 Å².